The molecule has 0 bridgehead atoms. The Hall–Kier alpha value is -1.02. The number of carbonyl (C=O) groups excluding carboxylic acids is 1. The van der Waals surface area contributed by atoms with Gasteiger partial charge < -0.3 is 0 Å². The summed E-state index contributed by atoms with van der Waals surface area (Å²) >= 11 is 18.2. The highest BCUT2D eigenvalue weighted by Crippen LogP contribution is 2.43. The lowest BCUT2D eigenvalue weighted by Crippen LogP contribution is -2.23. The molecule has 0 N–H and O–H groups in total. The van der Waals surface area contributed by atoms with Gasteiger partial charge in [0.15, 0.2) is 5.78 Å². The molecule has 0 aliphatic heterocycles. The smallest absolute Gasteiger partial charge is 0.172 e. The van der Waals surface area contributed by atoms with E-state index in [9.17, 15) is 4.79 Å². The Bertz CT molecular complexity index is 707. The summed E-state index contributed by atoms with van der Waals surface area (Å²) in [5.74, 6) is 0.116. The molecule has 0 spiro atoms. The van der Waals surface area contributed by atoms with Crippen molar-refractivity contribution < 1.29 is 4.79 Å². The zero-order valence-corrected chi connectivity index (χ0v) is 13.6. The van der Waals surface area contributed by atoms with Crippen LogP contribution < -0.4 is 0 Å². The molecule has 21 heavy (non-hydrogen) atoms. The SMILES string of the molecule is C[C@H]1C[C@@H](c2ccc(Cl)cc2)C(=O)c2c(Cl)cc(Cl)cc21. The van der Waals surface area contributed by atoms with Gasteiger partial charge in [-0.2, -0.15) is 0 Å². The molecule has 2 aromatic carbocycles. The first-order chi connectivity index (χ1) is 9.97. The number of Topliss-reactive ketones (excluding diaryl/α,β-unsaturated/α-hetero) is 1. The molecule has 1 nitrogen and oxygen atoms in total. The van der Waals surface area contributed by atoms with Crippen LogP contribution in [-0.2, 0) is 0 Å². The van der Waals surface area contributed by atoms with Gasteiger partial charge in [-0.15, -0.1) is 0 Å². The van der Waals surface area contributed by atoms with Crippen molar-refractivity contribution >= 4 is 40.6 Å². The standard InChI is InChI=1S/C17H13Cl3O/c1-9-6-14(10-2-4-11(18)5-3-10)17(21)16-13(9)7-12(19)8-15(16)20/h2-5,7-9,14H,6H2,1H3/t9-,14-/m0/s1. The van der Waals surface area contributed by atoms with E-state index in [0.717, 1.165) is 17.5 Å². The molecular weight excluding hydrogens is 327 g/mol. The van der Waals surface area contributed by atoms with E-state index in [1.807, 2.05) is 30.3 Å². The molecule has 4 heteroatoms. The lowest BCUT2D eigenvalue weighted by molar-refractivity contribution is 0.0940. The number of ketones is 1. The van der Waals surface area contributed by atoms with Gasteiger partial charge in [0.25, 0.3) is 0 Å². The quantitative estimate of drug-likeness (QED) is 0.611. The van der Waals surface area contributed by atoms with Crippen molar-refractivity contribution in [2.24, 2.45) is 0 Å². The first-order valence-corrected chi connectivity index (χ1v) is 7.89. The van der Waals surface area contributed by atoms with Crippen LogP contribution in [0.2, 0.25) is 15.1 Å². The predicted molar refractivity (Wildman–Crippen MR) is 88.0 cm³/mol. The topological polar surface area (TPSA) is 17.1 Å². The van der Waals surface area contributed by atoms with Gasteiger partial charge in [0.2, 0.25) is 0 Å². The third-order valence-electron chi connectivity index (χ3n) is 4.04. The molecule has 1 aliphatic rings. The van der Waals surface area contributed by atoms with Crippen LogP contribution in [0.3, 0.4) is 0 Å². The Kier molecular flexibility index (Phi) is 4.00. The van der Waals surface area contributed by atoms with Crippen LogP contribution in [0.15, 0.2) is 36.4 Å². The fourth-order valence-electron chi connectivity index (χ4n) is 2.99. The maximum atomic E-state index is 12.8. The van der Waals surface area contributed by atoms with E-state index in [1.165, 1.54) is 0 Å². The molecule has 0 aromatic heterocycles. The third kappa shape index (κ3) is 2.70. The summed E-state index contributed by atoms with van der Waals surface area (Å²) < 4.78 is 0. The maximum absolute atomic E-state index is 12.8. The van der Waals surface area contributed by atoms with Crippen LogP contribution in [0.4, 0.5) is 0 Å². The Morgan fingerprint density at radius 3 is 2.33 bits per heavy atom. The summed E-state index contributed by atoms with van der Waals surface area (Å²) in [6, 6.07) is 10.9. The number of benzene rings is 2. The lowest BCUT2D eigenvalue weighted by atomic mass is 9.74. The van der Waals surface area contributed by atoms with E-state index in [0.29, 0.717) is 20.6 Å². The van der Waals surface area contributed by atoms with Crippen LogP contribution in [0.1, 0.15) is 46.7 Å². The van der Waals surface area contributed by atoms with E-state index >= 15 is 0 Å². The monoisotopic (exact) mass is 338 g/mol. The van der Waals surface area contributed by atoms with E-state index in [-0.39, 0.29) is 17.6 Å². The van der Waals surface area contributed by atoms with Crippen LogP contribution in [0.25, 0.3) is 0 Å². The normalized spacial score (nSPS) is 21.2. The summed E-state index contributed by atoms with van der Waals surface area (Å²) in [4.78, 5) is 12.8. The molecule has 0 saturated carbocycles. The van der Waals surface area contributed by atoms with Gasteiger partial charge in [0.05, 0.1) is 5.02 Å². The highest BCUT2D eigenvalue weighted by Gasteiger charge is 2.34. The average molecular weight is 340 g/mol. The first kappa shape index (κ1) is 14.9. The fraction of sp³-hybridized carbons (Fsp3) is 0.235. The molecule has 0 radical (unpaired) electrons. The maximum Gasteiger partial charge on any atom is 0.172 e. The molecule has 0 saturated heterocycles. The predicted octanol–water partition coefficient (Wildman–Crippen LogP) is 6.12. The van der Waals surface area contributed by atoms with Crippen molar-refractivity contribution in [2.75, 3.05) is 0 Å². The second-order valence-electron chi connectivity index (χ2n) is 5.46. The fourth-order valence-corrected chi connectivity index (χ4v) is 3.71. The van der Waals surface area contributed by atoms with Gasteiger partial charge in [-0.25, -0.2) is 0 Å². The Balaban J connectivity index is 2.08. The summed E-state index contributed by atoms with van der Waals surface area (Å²) in [6.45, 7) is 2.10. The van der Waals surface area contributed by atoms with Crippen molar-refractivity contribution in [3.05, 3.63) is 68.2 Å². The minimum atomic E-state index is -0.177. The van der Waals surface area contributed by atoms with Crippen LogP contribution >= 0.6 is 34.8 Å². The number of rotatable bonds is 1. The second kappa shape index (κ2) is 5.64. The van der Waals surface area contributed by atoms with Crippen LogP contribution in [-0.4, -0.2) is 5.78 Å². The number of carbonyl (C=O) groups is 1. The highest BCUT2D eigenvalue weighted by atomic mass is 35.5. The average Bonchev–Trinajstić information content (AvgIpc) is 2.43. The molecule has 3 rings (SSSR count). The van der Waals surface area contributed by atoms with Gasteiger partial charge >= 0.3 is 0 Å². The van der Waals surface area contributed by atoms with Crippen molar-refractivity contribution in [1.82, 2.24) is 0 Å². The Morgan fingerprint density at radius 1 is 1.00 bits per heavy atom. The first-order valence-electron chi connectivity index (χ1n) is 6.76. The molecule has 2 atom stereocenters. The van der Waals surface area contributed by atoms with Crippen molar-refractivity contribution in [3.8, 4) is 0 Å². The Morgan fingerprint density at radius 2 is 1.67 bits per heavy atom. The molecule has 2 aromatic rings. The summed E-state index contributed by atoms with van der Waals surface area (Å²) in [5, 5.41) is 1.68. The van der Waals surface area contributed by atoms with E-state index in [1.54, 1.807) is 6.07 Å². The Labute approximate surface area is 138 Å². The van der Waals surface area contributed by atoms with Gasteiger partial charge in [-0.1, -0.05) is 53.9 Å². The largest absolute Gasteiger partial charge is 0.293 e. The zero-order chi connectivity index (χ0) is 15.1. The molecule has 0 heterocycles. The number of hydrogen-bond acceptors (Lipinski definition) is 1. The van der Waals surface area contributed by atoms with Crippen molar-refractivity contribution in [3.63, 3.8) is 0 Å². The van der Waals surface area contributed by atoms with Crippen molar-refractivity contribution in [2.45, 2.75) is 25.2 Å². The minimum Gasteiger partial charge on any atom is -0.293 e. The molecule has 1 aliphatic carbocycles. The third-order valence-corrected chi connectivity index (χ3v) is 4.81. The lowest BCUT2D eigenvalue weighted by Gasteiger charge is -2.29. The summed E-state index contributed by atoms with van der Waals surface area (Å²) in [6.07, 6.45) is 0.754. The number of fused-ring (bicyclic) bond motifs is 1. The van der Waals surface area contributed by atoms with Crippen LogP contribution in [0.5, 0.6) is 0 Å². The van der Waals surface area contributed by atoms with Crippen molar-refractivity contribution in [1.29, 1.82) is 0 Å². The van der Waals surface area contributed by atoms with Gasteiger partial charge in [0.1, 0.15) is 0 Å². The second-order valence-corrected chi connectivity index (χ2v) is 6.74. The summed E-state index contributed by atoms with van der Waals surface area (Å²) in [5.41, 5.74) is 2.54. The highest BCUT2D eigenvalue weighted by molar-refractivity contribution is 6.37. The molecule has 108 valence electrons. The van der Waals surface area contributed by atoms with Gasteiger partial charge in [-0.05, 0) is 47.7 Å². The minimum absolute atomic E-state index is 0.0621. The van der Waals surface area contributed by atoms with E-state index in [2.05, 4.69) is 6.92 Å². The molecule has 0 unspecified atom stereocenters. The number of hydrogen-bond donors (Lipinski definition) is 0. The van der Waals surface area contributed by atoms with E-state index < -0.39 is 0 Å². The molecule has 0 amide bonds. The van der Waals surface area contributed by atoms with Gasteiger partial charge in [-0.3, -0.25) is 4.79 Å². The number of halogens is 3. The van der Waals surface area contributed by atoms with E-state index in [4.69, 9.17) is 34.8 Å². The van der Waals surface area contributed by atoms with Crippen LogP contribution in [0, 0.1) is 0 Å². The van der Waals surface area contributed by atoms with Gasteiger partial charge in [0, 0.05) is 21.5 Å². The molecule has 0 fully saturated rings. The molecular formula is C17H13Cl3O. The summed E-state index contributed by atoms with van der Waals surface area (Å²) in [7, 11) is 0. The zero-order valence-electron chi connectivity index (χ0n) is 11.4.